The molecule has 0 amide bonds. The molecule has 0 bridgehead atoms. The van der Waals surface area contributed by atoms with Crippen LogP contribution in [0, 0.1) is 0 Å². The van der Waals surface area contributed by atoms with Gasteiger partial charge in [0.25, 0.3) is 0 Å². The fraction of sp³-hybridized carbons (Fsp3) is 0.682. The minimum absolute atomic E-state index is 0.498. The summed E-state index contributed by atoms with van der Waals surface area (Å²) in [6.07, 6.45) is 3.58. The number of likely N-dealkylation sites (tertiary alicyclic amines) is 1. The van der Waals surface area contributed by atoms with Crippen molar-refractivity contribution < 1.29 is 4.74 Å². The molecule has 158 valence electrons. The Balaban J connectivity index is 1.92. The van der Waals surface area contributed by atoms with Gasteiger partial charge in [-0.2, -0.15) is 0 Å². The molecule has 0 saturated carbocycles. The quantitative estimate of drug-likeness (QED) is 0.476. The van der Waals surface area contributed by atoms with E-state index in [-0.39, 0.29) is 0 Å². The highest BCUT2D eigenvalue weighted by molar-refractivity contribution is 5.80. The van der Waals surface area contributed by atoms with Gasteiger partial charge in [0, 0.05) is 37.8 Å². The zero-order valence-electron chi connectivity index (χ0n) is 18.2. The number of piperidine rings is 1. The first-order chi connectivity index (χ1) is 13.6. The van der Waals surface area contributed by atoms with E-state index in [1.807, 2.05) is 18.2 Å². The van der Waals surface area contributed by atoms with Crippen LogP contribution in [0.15, 0.2) is 29.3 Å². The molecule has 1 aromatic rings. The predicted molar refractivity (Wildman–Crippen MR) is 118 cm³/mol. The fourth-order valence-corrected chi connectivity index (χ4v) is 3.41. The first-order valence-electron chi connectivity index (χ1n) is 10.7. The third-order valence-corrected chi connectivity index (χ3v) is 4.99. The largest absolute Gasteiger partial charge is 0.492 e. The van der Waals surface area contributed by atoms with E-state index in [1.54, 1.807) is 0 Å². The van der Waals surface area contributed by atoms with Gasteiger partial charge in [-0.3, -0.25) is 0 Å². The third kappa shape index (κ3) is 8.07. The lowest BCUT2D eigenvalue weighted by atomic mass is 10.1. The molecule has 28 heavy (non-hydrogen) atoms. The average molecular weight is 390 g/mol. The van der Waals surface area contributed by atoms with E-state index in [1.165, 1.54) is 38.9 Å². The second-order valence-corrected chi connectivity index (χ2v) is 7.71. The maximum absolute atomic E-state index is 5.97. The van der Waals surface area contributed by atoms with Gasteiger partial charge in [-0.1, -0.05) is 25.1 Å². The van der Waals surface area contributed by atoms with Crippen molar-refractivity contribution in [1.82, 2.24) is 20.4 Å². The molecule has 0 spiro atoms. The number of rotatable bonds is 10. The first-order valence-corrected chi connectivity index (χ1v) is 10.7. The van der Waals surface area contributed by atoms with Crippen molar-refractivity contribution in [2.45, 2.75) is 45.7 Å². The summed E-state index contributed by atoms with van der Waals surface area (Å²) in [6, 6.07) is 8.70. The van der Waals surface area contributed by atoms with Crippen molar-refractivity contribution >= 4 is 5.96 Å². The first kappa shape index (κ1) is 22.5. The molecule has 1 saturated heterocycles. The normalized spacial score (nSPS) is 16.4. The molecule has 6 nitrogen and oxygen atoms in total. The van der Waals surface area contributed by atoms with E-state index in [4.69, 9.17) is 9.73 Å². The minimum atomic E-state index is 0.498. The summed E-state index contributed by atoms with van der Waals surface area (Å²) >= 11 is 0. The maximum atomic E-state index is 5.97. The number of hydrogen-bond acceptors (Lipinski definition) is 4. The highest BCUT2D eigenvalue weighted by Gasteiger charge is 2.19. The van der Waals surface area contributed by atoms with Crippen LogP contribution < -0.4 is 15.4 Å². The molecule has 1 fully saturated rings. The lowest BCUT2D eigenvalue weighted by molar-refractivity contribution is 0.206. The van der Waals surface area contributed by atoms with Crippen molar-refractivity contribution in [3.05, 3.63) is 29.8 Å². The zero-order valence-corrected chi connectivity index (χ0v) is 18.2. The summed E-state index contributed by atoms with van der Waals surface area (Å²) in [5.74, 6) is 1.83. The zero-order chi connectivity index (χ0) is 20.2. The summed E-state index contributed by atoms with van der Waals surface area (Å²) in [4.78, 5) is 9.51. The molecular weight excluding hydrogens is 350 g/mol. The predicted octanol–water partition coefficient (Wildman–Crippen LogP) is 2.56. The van der Waals surface area contributed by atoms with Crippen LogP contribution in [0.1, 0.15) is 38.7 Å². The Bertz CT molecular complexity index is 582. The van der Waals surface area contributed by atoms with Crippen molar-refractivity contribution in [2.75, 3.05) is 53.4 Å². The smallest absolute Gasteiger partial charge is 0.191 e. The minimum Gasteiger partial charge on any atom is -0.492 e. The molecule has 0 radical (unpaired) electrons. The third-order valence-electron chi connectivity index (χ3n) is 4.99. The van der Waals surface area contributed by atoms with Gasteiger partial charge in [-0.15, -0.1) is 0 Å². The maximum Gasteiger partial charge on any atom is 0.191 e. The number of benzene rings is 1. The average Bonchev–Trinajstić information content (AvgIpc) is 2.68. The van der Waals surface area contributed by atoms with Gasteiger partial charge in [-0.25, -0.2) is 4.99 Å². The van der Waals surface area contributed by atoms with Crippen molar-refractivity contribution in [1.29, 1.82) is 0 Å². The van der Waals surface area contributed by atoms with Crippen LogP contribution in [0.2, 0.25) is 0 Å². The Kier molecular flexibility index (Phi) is 10.1. The molecule has 0 atom stereocenters. The second kappa shape index (κ2) is 12.6. The van der Waals surface area contributed by atoms with Gasteiger partial charge in [0.1, 0.15) is 12.4 Å². The van der Waals surface area contributed by atoms with E-state index in [2.05, 4.69) is 54.4 Å². The molecule has 6 heteroatoms. The Morgan fingerprint density at radius 3 is 2.64 bits per heavy atom. The van der Waals surface area contributed by atoms with Crippen LogP contribution in [0.4, 0.5) is 0 Å². The van der Waals surface area contributed by atoms with Gasteiger partial charge in [-0.05, 0) is 52.9 Å². The number of ether oxygens (including phenoxy) is 1. The lowest BCUT2D eigenvalue weighted by Gasteiger charge is -2.32. The molecule has 0 unspecified atom stereocenters. The van der Waals surface area contributed by atoms with E-state index < -0.39 is 0 Å². The van der Waals surface area contributed by atoms with Crippen molar-refractivity contribution in [3.63, 3.8) is 0 Å². The summed E-state index contributed by atoms with van der Waals surface area (Å²) < 4.78 is 5.97. The molecule has 0 aliphatic carbocycles. The molecule has 2 N–H and O–H groups in total. The number of guanidine groups is 1. The topological polar surface area (TPSA) is 52.1 Å². The Labute approximate surface area is 171 Å². The van der Waals surface area contributed by atoms with Crippen LogP contribution in [0.25, 0.3) is 0 Å². The highest BCUT2D eigenvalue weighted by atomic mass is 16.5. The van der Waals surface area contributed by atoms with E-state index in [0.717, 1.165) is 30.4 Å². The number of para-hydroxylation sites is 1. The lowest BCUT2D eigenvalue weighted by Crippen LogP contribution is -2.48. The molecular formula is C22H39N5O. The number of hydrogen-bond donors (Lipinski definition) is 2. The van der Waals surface area contributed by atoms with Crippen LogP contribution in [-0.4, -0.2) is 75.2 Å². The molecule has 1 aromatic carbocycles. The van der Waals surface area contributed by atoms with Gasteiger partial charge in [0.15, 0.2) is 5.96 Å². The van der Waals surface area contributed by atoms with Crippen molar-refractivity contribution in [3.8, 4) is 5.75 Å². The molecule has 0 aromatic heterocycles. The van der Waals surface area contributed by atoms with Gasteiger partial charge in [0.05, 0.1) is 6.54 Å². The number of nitrogens with zero attached hydrogens (tertiary/aromatic N) is 3. The fourth-order valence-electron chi connectivity index (χ4n) is 3.41. The highest BCUT2D eigenvalue weighted by Crippen LogP contribution is 2.19. The summed E-state index contributed by atoms with van der Waals surface area (Å²) in [7, 11) is 4.11. The Hall–Kier alpha value is -1.79. The van der Waals surface area contributed by atoms with Gasteiger partial charge < -0.3 is 25.2 Å². The summed E-state index contributed by atoms with van der Waals surface area (Å²) in [6.45, 7) is 11.0. The molecule has 1 heterocycles. The monoisotopic (exact) mass is 389 g/mol. The van der Waals surface area contributed by atoms with Crippen LogP contribution in [-0.2, 0) is 6.54 Å². The van der Waals surface area contributed by atoms with Gasteiger partial charge in [0.2, 0.25) is 0 Å². The van der Waals surface area contributed by atoms with Crippen LogP contribution >= 0.6 is 0 Å². The van der Waals surface area contributed by atoms with Crippen molar-refractivity contribution in [2.24, 2.45) is 4.99 Å². The van der Waals surface area contributed by atoms with E-state index in [9.17, 15) is 0 Å². The van der Waals surface area contributed by atoms with E-state index in [0.29, 0.717) is 19.2 Å². The number of aliphatic imine (C=N–C) groups is 1. The van der Waals surface area contributed by atoms with E-state index >= 15 is 0 Å². The number of nitrogens with one attached hydrogen (secondary N) is 2. The standard InChI is InChI=1S/C22H39N5O/c1-5-13-27-14-11-20(12-15-27)25-22(23-6-2)24-18-19-9-7-8-10-21(19)28-17-16-26(3)4/h7-10,20H,5-6,11-18H2,1-4H3,(H2,23,24,25). The SMILES string of the molecule is CCCN1CCC(NC(=NCc2ccccc2OCCN(C)C)NCC)CC1. The number of likely N-dealkylation sites (N-methyl/N-ethyl adjacent to an activating group) is 1. The summed E-state index contributed by atoms with van der Waals surface area (Å²) in [5, 5.41) is 7.02. The Morgan fingerprint density at radius 1 is 1.21 bits per heavy atom. The second-order valence-electron chi connectivity index (χ2n) is 7.71. The molecule has 1 aliphatic heterocycles. The molecule has 1 aliphatic rings. The Morgan fingerprint density at radius 2 is 1.96 bits per heavy atom. The molecule has 2 rings (SSSR count). The van der Waals surface area contributed by atoms with Gasteiger partial charge >= 0.3 is 0 Å². The van der Waals surface area contributed by atoms with Crippen LogP contribution in [0.5, 0.6) is 5.75 Å². The van der Waals surface area contributed by atoms with Crippen LogP contribution in [0.3, 0.4) is 0 Å². The summed E-state index contributed by atoms with van der Waals surface area (Å²) in [5.41, 5.74) is 1.12.